The Hall–Kier alpha value is -0.630. The van der Waals surface area contributed by atoms with Crippen LogP contribution in [0.2, 0.25) is 0 Å². The first-order chi connectivity index (χ1) is 6.16. The molecule has 0 radical (unpaired) electrons. The number of carbonyl (C=O) groups is 1. The van der Waals surface area contributed by atoms with Crippen LogP contribution in [0, 0.1) is 6.92 Å². The van der Waals surface area contributed by atoms with Gasteiger partial charge in [0.05, 0.1) is 0 Å². The van der Waals surface area contributed by atoms with E-state index in [0.717, 1.165) is 10.9 Å². The number of aryl methyl sites for hydroxylation is 2. The molecule has 0 spiro atoms. The summed E-state index contributed by atoms with van der Waals surface area (Å²) in [4.78, 5) is 11.2. The van der Waals surface area contributed by atoms with E-state index in [1.54, 1.807) is 0 Å². The molecule has 1 aliphatic carbocycles. The number of benzene rings is 1. The molecule has 0 unspecified atom stereocenters. The number of halogens is 1. The maximum absolute atomic E-state index is 11.2. The molecule has 0 fully saturated rings. The van der Waals surface area contributed by atoms with Gasteiger partial charge in [0.1, 0.15) is 5.78 Å². The van der Waals surface area contributed by atoms with Crippen LogP contribution in [0.15, 0.2) is 16.6 Å². The summed E-state index contributed by atoms with van der Waals surface area (Å²) >= 11 is 3.51. The van der Waals surface area contributed by atoms with E-state index in [4.69, 9.17) is 0 Å². The van der Waals surface area contributed by atoms with Crippen molar-refractivity contribution in [2.24, 2.45) is 0 Å². The third-order valence-corrected chi connectivity index (χ3v) is 3.19. The highest BCUT2D eigenvalue weighted by Crippen LogP contribution is 2.28. The van der Waals surface area contributed by atoms with Crippen LogP contribution in [0.3, 0.4) is 0 Å². The first-order valence-corrected chi connectivity index (χ1v) is 5.26. The summed E-state index contributed by atoms with van der Waals surface area (Å²) in [5, 5.41) is 0. The second kappa shape index (κ2) is 3.26. The fourth-order valence-corrected chi connectivity index (χ4v) is 2.58. The maximum atomic E-state index is 11.2. The van der Waals surface area contributed by atoms with Crippen LogP contribution >= 0.6 is 15.9 Å². The molecule has 0 atom stereocenters. The van der Waals surface area contributed by atoms with Crippen molar-refractivity contribution in [2.45, 2.75) is 26.2 Å². The average Bonchev–Trinajstić information content (AvgIpc) is 2.06. The summed E-state index contributed by atoms with van der Waals surface area (Å²) < 4.78 is 1.09. The fourth-order valence-electron chi connectivity index (χ4n) is 1.82. The molecule has 1 nitrogen and oxygen atoms in total. The van der Waals surface area contributed by atoms with Crippen LogP contribution in [0.5, 0.6) is 0 Å². The van der Waals surface area contributed by atoms with Gasteiger partial charge in [0.25, 0.3) is 0 Å². The summed E-state index contributed by atoms with van der Waals surface area (Å²) in [6.07, 6.45) is 2.23. The summed E-state index contributed by atoms with van der Waals surface area (Å²) in [5.41, 5.74) is 3.80. The number of carbonyl (C=O) groups excluding carboxylic acids is 1. The molecule has 0 saturated heterocycles. The molecule has 1 aliphatic rings. The second-order valence-corrected chi connectivity index (χ2v) is 4.45. The molecule has 13 heavy (non-hydrogen) atoms. The van der Waals surface area contributed by atoms with Crippen LogP contribution in [0.25, 0.3) is 0 Å². The molecular weight excluding hydrogens is 228 g/mol. The Morgan fingerprint density at radius 2 is 2.08 bits per heavy atom. The second-order valence-electron chi connectivity index (χ2n) is 3.60. The number of ketones is 1. The van der Waals surface area contributed by atoms with E-state index < -0.39 is 0 Å². The van der Waals surface area contributed by atoms with Gasteiger partial charge in [0.2, 0.25) is 0 Å². The molecular formula is C11H11BrO. The minimum atomic E-state index is 0.358. The molecule has 68 valence electrons. The van der Waals surface area contributed by atoms with E-state index in [1.165, 1.54) is 16.7 Å². The molecule has 0 aromatic heterocycles. The van der Waals surface area contributed by atoms with E-state index >= 15 is 0 Å². The van der Waals surface area contributed by atoms with Crippen LogP contribution in [-0.4, -0.2) is 5.78 Å². The normalized spacial score (nSPS) is 15.7. The zero-order valence-electron chi connectivity index (χ0n) is 7.56. The van der Waals surface area contributed by atoms with Crippen LogP contribution in [-0.2, 0) is 17.6 Å². The van der Waals surface area contributed by atoms with Gasteiger partial charge in [-0.2, -0.15) is 0 Å². The van der Waals surface area contributed by atoms with Gasteiger partial charge in [-0.3, -0.25) is 4.79 Å². The topological polar surface area (TPSA) is 17.1 Å². The number of hydrogen-bond donors (Lipinski definition) is 0. The Morgan fingerprint density at radius 3 is 2.85 bits per heavy atom. The molecule has 0 bridgehead atoms. The zero-order valence-corrected chi connectivity index (χ0v) is 9.15. The summed E-state index contributed by atoms with van der Waals surface area (Å²) in [6.45, 7) is 2.08. The summed E-state index contributed by atoms with van der Waals surface area (Å²) in [7, 11) is 0. The van der Waals surface area contributed by atoms with Crippen LogP contribution in [0.4, 0.5) is 0 Å². The van der Waals surface area contributed by atoms with Crippen molar-refractivity contribution >= 4 is 21.7 Å². The third kappa shape index (κ3) is 1.68. The summed E-state index contributed by atoms with van der Waals surface area (Å²) in [5.74, 6) is 0.358. The lowest BCUT2D eigenvalue weighted by Crippen LogP contribution is -2.13. The van der Waals surface area contributed by atoms with Gasteiger partial charge in [-0.15, -0.1) is 0 Å². The first-order valence-electron chi connectivity index (χ1n) is 4.46. The third-order valence-electron chi connectivity index (χ3n) is 2.48. The number of Topliss-reactive ketones (excluding diaryl/α,β-unsaturated/α-hetero) is 1. The molecule has 0 amide bonds. The Morgan fingerprint density at radius 1 is 1.31 bits per heavy atom. The molecule has 0 N–H and O–H groups in total. The van der Waals surface area contributed by atoms with Gasteiger partial charge < -0.3 is 0 Å². The van der Waals surface area contributed by atoms with Gasteiger partial charge in [0, 0.05) is 17.3 Å². The van der Waals surface area contributed by atoms with Gasteiger partial charge in [0.15, 0.2) is 0 Å². The monoisotopic (exact) mass is 238 g/mol. The summed E-state index contributed by atoms with van der Waals surface area (Å²) in [6, 6.07) is 4.27. The Labute approximate surface area is 86.3 Å². The van der Waals surface area contributed by atoms with Crippen molar-refractivity contribution in [1.29, 1.82) is 0 Å². The molecule has 0 aliphatic heterocycles. The Bertz CT molecular complexity index is 369. The highest BCUT2D eigenvalue weighted by atomic mass is 79.9. The van der Waals surface area contributed by atoms with Crippen molar-refractivity contribution in [3.8, 4) is 0 Å². The van der Waals surface area contributed by atoms with Crippen LogP contribution < -0.4 is 0 Å². The molecule has 1 aromatic carbocycles. The molecule has 1 aromatic rings. The highest BCUT2D eigenvalue weighted by molar-refractivity contribution is 9.10. The number of fused-ring (bicyclic) bond motifs is 1. The largest absolute Gasteiger partial charge is 0.299 e. The SMILES string of the molecule is Cc1cc(Br)c2c(c1)CCC(=O)C2. The van der Waals surface area contributed by atoms with E-state index in [0.29, 0.717) is 18.6 Å². The van der Waals surface area contributed by atoms with Crippen LogP contribution in [0.1, 0.15) is 23.1 Å². The van der Waals surface area contributed by atoms with Crippen molar-refractivity contribution in [2.75, 3.05) is 0 Å². The Balaban J connectivity index is 2.53. The quantitative estimate of drug-likeness (QED) is 0.680. The molecule has 2 rings (SSSR count). The van der Waals surface area contributed by atoms with Gasteiger partial charge in [-0.25, -0.2) is 0 Å². The fraction of sp³-hybridized carbons (Fsp3) is 0.364. The lowest BCUT2D eigenvalue weighted by molar-refractivity contribution is -0.118. The number of hydrogen-bond acceptors (Lipinski definition) is 1. The van der Waals surface area contributed by atoms with E-state index in [2.05, 4.69) is 35.0 Å². The molecule has 0 heterocycles. The molecule has 0 saturated carbocycles. The van der Waals surface area contributed by atoms with Gasteiger partial charge in [-0.1, -0.05) is 22.0 Å². The van der Waals surface area contributed by atoms with Gasteiger partial charge in [-0.05, 0) is 36.1 Å². The number of rotatable bonds is 0. The first kappa shape index (κ1) is 8.95. The Kier molecular flexibility index (Phi) is 2.24. The zero-order chi connectivity index (χ0) is 9.42. The van der Waals surface area contributed by atoms with Gasteiger partial charge >= 0.3 is 0 Å². The van der Waals surface area contributed by atoms with Crippen molar-refractivity contribution in [3.63, 3.8) is 0 Å². The van der Waals surface area contributed by atoms with Crippen molar-refractivity contribution in [3.05, 3.63) is 33.3 Å². The van der Waals surface area contributed by atoms with E-state index in [9.17, 15) is 4.79 Å². The van der Waals surface area contributed by atoms with E-state index in [-0.39, 0.29) is 0 Å². The maximum Gasteiger partial charge on any atom is 0.137 e. The highest BCUT2D eigenvalue weighted by Gasteiger charge is 2.17. The lowest BCUT2D eigenvalue weighted by atomic mass is 9.90. The standard InChI is InChI=1S/C11H11BrO/c1-7-4-8-2-3-9(13)6-10(8)11(12)5-7/h4-5H,2-3,6H2,1H3. The van der Waals surface area contributed by atoms with E-state index in [1.807, 2.05) is 0 Å². The smallest absolute Gasteiger partial charge is 0.137 e. The predicted molar refractivity (Wildman–Crippen MR) is 55.9 cm³/mol. The van der Waals surface area contributed by atoms with Crippen molar-refractivity contribution < 1.29 is 4.79 Å². The lowest BCUT2D eigenvalue weighted by Gasteiger charge is -2.17. The predicted octanol–water partition coefficient (Wildman–Crippen LogP) is 2.82. The minimum Gasteiger partial charge on any atom is -0.299 e. The average molecular weight is 239 g/mol. The molecule has 2 heteroatoms. The van der Waals surface area contributed by atoms with Crippen molar-refractivity contribution in [1.82, 2.24) is 0 Å². The minimum absolute atomic E-state index is 0.358.